The third-order valence-corrected chi connectivity index (χ3v) is 6.42. The lowest BCUT2D eigenvalue weighted by Crippen LogP contribution is -2.44. The molecule has 7 nitrogen and oxygen atoms in total. The lowest BCUT2D eigenvalue weighted by atomic mass is 10.1. The van der Waals surface area contributed by atoms with E-state index < -0.39 is 0 Å². The van der Waals surface area contributed by atoms with Crippen molar-refractivity contribution in [2.75, 3.05) is 43.4 Å². The maximum absolute atomic E-state index is 14.0. The van der Waals surface area contributed by atoms with E-state index in [-0.39, 0.29) is 17.9 Å². The summed E-state index contributed by atoms with van der Waals surface area (Å²) < 4.78 is 15.6. The summed E-state index contributed by atoms with van der Waals surface area (Å²) in [6.07, 6.45) is 1.69. The molecule has 0 atom stereocenters. The van der Waals surface area contributed by atoms with Crippen molar-refractivity contribution in [3.63, 3.8) is 0 Å². The smallest absolute Gasteiger partial charge is 0.252 e. The van der Waals surface area contributed by atoms with Gasteiger partial charge in [-0.3, -0.25) is 9.36 Å². The highest BCUT2D eigenvalue weighted by atomic mass is 19.1. The van der Waals surface area contributed by atoms with Crippen LogP contribution < -0.4 is 15.8 Å². The monoisotopic (exact) mass is 458 g/mol. The Labute approximate surface area is 197 Å². The maximum atomic E-state index is 14.0. The van der Waals surface area contributed by atoms with Crippen molar-refractivity contribution in [2.45, 2.75) is 13.5 Å². The Hall–Kier alpha value is -3.78. The number of benzene rings is 2. The molecule has 0 radical (unpaired) electrons. The number of nitrogens with zero attached hydrogens (tertiary/aromatic N) is 5. The van der Waals surface area contributed by atoms with Gasteiger partial charge in [-0.05, 0) is 61.5 Å². The van der Waals surface area contributed by atoms with Crippen LogP contribution in [0.15, 0.2) is 65.6 Å². The molecule has 1 N–H and O–H groups in total. The second-order valence-electron chi connectivity index (χ2n) is 8.72. The summed E-state index contributed by atoms with van der Waals surface area (Å²) >= 11 is 0. The van der Waals surface area contributed by atoms with Gasteiger partial charge in [-0.2, -0.15) is 4.98 Å². The van der Waals surface area contributed by atoms with Gasteiger partial charge in [0, 0.05) is 55.2 Å². The molecule has 8 heteroatoms. The van der Waals surface area contributed by atoms with Crippen molar-refractivity contribution in [1.82, 2.24) is 19.4 Å². The van der Waals surface area contributed by atoms with Gasteiger partial charge in [-0.15, -0.1) is 0 Å². The molecular weight excluding hydrogens is 431 g/mol. The zero-order valence-electron chi connectivity index (χ0n) is 19.3. The molecule has 0 saturated carbocycles. The van der Waals surface area contributed by atoms with Gasteiger partial charge in [-0.1, -0.05) is 12.1 Å². The van der Waals surface area contributed by atoms with Crippen LogP contribution in [0.25, 0.3) is 11.0 Å². The van der Waals surface area contributed by atoms with Gasteiger partial charge in [-0.25, -0.2) is 9.37 Å². The first-order valence-corrected chi connectivity index (χ1v) is 11.4. The number of piperazine rings is 1. The van der Waals surface area contributed by atoms with Crippen molar-refractivity contribution < 1.29 is 4.39 Å². The number of aromatic nitrogens is 3. The zero-order chi connectivity index (χ0) is 23.7. The summed E-state index contributed by atoms with van der Waals surface area (Å²) in [5.74, 6) is 0.109. The van der Waals surface area contributed by atoms with E-state index in [1.165, 1.54) is 17.8 Å². The quantitative estimate of drug-likeness (QED) is 0.491. The van der Waals surface area contributed by atoms with Crippen molar-refractivity contribution in [3.05, 3.63) is 88.1 Å². The van der Waals surface area contributed by atoms with E-state index in [1.807, 2.05) is 18.2 Å². The summed E-state index contributed by atoms with van der Waals surface area (Å²) in [6.45, 7) is 6.09. The van der Waals surface area contributed by atoms with E-state index in [0.29, 0.717) is 17.2 Å². The highest BCUT2D eigenvalue weighted by Crippen LogP contribution is 2.22. The molecule has 1 fully saturated rings. The molecule has 0 bridgehead atoms. The van der Waals surface area contributed by atoms with Crippen LogP contribution in [-0.4, -0.2) is 52.7 Å². The van der Waals surface area contributed by atoms with Gasteiger partial charge in [0.25, 0.3) is 5.56 Å². The molecule has 1 aliphatic rings. The van der Waals surface area contributed by atoms with E-state index in [1.54, 1.807) is 29.8 Å². The molecule has 174 valence electrons. The maximum Gasteiger partial charge on any atom is 0.252 e. The van der Waals surface area contributed by atoms with Gasteiger partial charge in [0.1, 0.15) is 11.5 Å². The van der Waals surface area contributed by atoms with Gasteiger partial charge >= 0.3 is 0 Å². The molecule has 1 aliphatic heterocycles. The van der Waals surface area contributed by atoms with Gasteiger partial charge in [0.15, 0.2) is 0 Å². The number of fused-ring (bicyclic) bond motifs is 1. The summed E-state index contributed by atoms with van der Waals surface area (Å²) in [7, 11) is 2.15. The standard InChI is InChI=1S/C26H27FN6O/c1-18-20(4-3-5-23(18)27)17-33-24(34)11-6-19-16-28-26(30-25(19)33)29-21-7-9-22(10-8-21)32-14-12-31(2)13-15-32/h3-11,16H,12-15,17H2,1-2H3,(H,28,29,30). The van der Waals surface area contributed by atoms with E-state index in [4.69, 9.17) is 0 Å². The highest BCUT2D eigenvalue weighted by Gasteiger charge is 2.14. The summed E-state index contributed by atoms with van der Waals surface area (Å²) in [5.41, 5.74) is 3.63. The van der Waals surface area contributed by atoms with Crippen molar-refractivity contribution >= 4 is 28.4 Å². The summed E-state index contributed by atoms with van der Waals surface area (Å²) in [5, 5.41) is 3.98. The first-order chi connectivity index (χ1) is 16.5. The Kier molecular flexibility index (Phi) is 5.98. The SMILES string of the molecule is Cc1c(F)cccc1Cn1c(=O)ccc2cnc(Nc3ccc(N4CCN(C)CC4)cc3)nc21. The highest BCUT2D eigenvalue weighted by molar-refractivity contribution is 5.76. The largest absolute Gasteiger partial charge is 0.369 e. The van der Waals surface area contributed by atoms with Gasteiger partial charge in [0.05, 0.1) is 6.54 Å². The van der Waals surface area contributed by atoms with Gasteiger partial charge in [0.2, 0.25) is 5.95 Å². The number of anilines is 3. The number of pyridine rings is 1. The van der Waals surface area contributed by atoms with E-state index in [2.05, 4.69) is 44.3 Å². The second-order valence-corrected chi connectivity index (χ2v) is 8.72. The number of hydrogen-bond acceptors (Lipinski definition) is 6. The average molecular weight is 459 g/mol. The lowest BCUT2D eigenvalue weighted by Gasteiger charge is -2.34. The summed E-state index contributed by atoms with van der Waals surface area (Å²) in [4.78, 5) is 26.5. The molecule has 34 heavy (non-hydrogen) atoms. The number of nitrogens with one attached hydrogen (secondary N) is 1. The van der Waals surface area contributed by atoms with Crippen LogP contribution in [0.5, 0.6) is 0 Å². The lowest BCUT2D eigenvalue weighted by molar-refractivity contribution is 0.313. The van der Waals surface area contributed by atoms with Crippen LogP contribution >= 0.6 is 0 Å². The Balaban J connectivity index is 1.41. The number of likely N-dealkylation sites (N-methyl/N-ethyl adjacent to an activating group) is 1. The van der Waals surface area contributed by atoms with E-state index in [0.717, 1.165) is 42.8 Å². The molecule has 4 aromatic rings. The van der Waals surface area contributed by atoms with Crippen molar-refractivity contribution in [3.8, 4) is 0 Å². The Bertz CT molecular complexity index is 1380. The molecule has 0 amide bonds. The summed E-state index contributed by atoms with van der Waals surface area (Å²) in [6, 6.07) is 16.3. The van der Waals surface area contributed by atoms with E-state index >= 15 is 0 Å². The fourth-order valence-corrected chi connectivity index (χ4v) is 4.23. The molecule has 2 aromatic heterocycles. The van der Waals surface area contributed by atoms with Crippen molar-refractivity contribution in [2.24, 2.45) is 0 Å². The fraction of sp³-hybridized carbons (Fsp3) is 0.269. The number of halogens is 1. The normalized spacial score (nSPS) is 14.5. The van der Waals surface area contributed by atoms with Crippen LogP contribution in [0, 0.1) is 12.7 Å². The van der Waals surface area contributed by atoms with Crippen molar-refractivity contribution in [1.29, 1.82) is 0 Å². The average Bonchev–Trinajstić information content (AvgIpc) is 2.85. The molecule has 0 spiro atoms. The van der Waals surface area contributed by atoms with Crippen LogP contribution in [0.3, 0.4) is 0 Å². The fourth-order valence-electron chi connectivity index (χ4n) is 4.23. The topological polar surface area (TPSA) is 66.3 Å². The van der Waals surface area contributed by atoms with Crippen LogP contribution in [-0.2, 0) is 6.54 Å². The number of rotatable bonds is 5. The predicted octanol–water partition coefficient (Wildman–Crippen LogP) is 3.78. The minimum Gasteiger partial charge on any atom is -0.369 e. The minimum absolute atomic E-state index is 0.197. The molecule has 2 aromatic carbocycles. The van der Waals surface area contributed by atoms with Gasteiger partial charge < -0.3 is 15.1 Å². The van der Waals surface area contributed by atoms with Crippen LogP contribution in [0.2, 0.25) is 0 Å². The van der Waals surface area contributed by atoms with E-state index in [9.17, 15) is 9.18 Å². The third-order valence-electron chi connectivity index (χ3n) is 6.42. The second kappa shape index (κ2) is 9.23. The predicted molar refractivity (Wildman–Crippen MR) is 133 cm³/mol. The first-order valence-electron chi connectivity index (χ1n) is 11.4. The Morgan fingerprint density at radius 2 is 1.76 bits per heavy atom. The minimum atomic E-state index is -0.289. The molecule has 5 rings (SSSR count). The van der Waals surface area contributed by atoms with Crippen LogP contribution in [0.1, 0.15) is 11.1 Å². The zero-order valence-corrected chi connectivity index (χ0v) is 19.3. The molecule has 0 aliphatic carbocycles. The molecule has 0 unspecified atom stereocenters. The third kappa shape index (κ3) is 4.49. The Morgan fingerprint density at radius 1 is 1.00 bits per heavy atom. The molecule has 1 saturated heterocycles. The van der Waals surface area contributed by atoms with Crippen LogP contribution in [0.4, 0.5) is 21.7 Å². The number of hydrogen-bond donors (Lipinski definition) is 1. The Morgan fingerprint density at radius 3 is 2.53 bits per heavy atom. The first kappa shape index (κ1) is 22.0. The molecule has 3 heterocycles. The molecular formula is C26H27FN6O.